The molecule has 0 spiro atoms. The van der Waals surface area contributed by atoms with Crippen LogP contribution in [0.3, 0.4) is 0 Å². The van der Waals surface area contributed by atoms with Crippen molar-refractivity contribution in [2.75, 3.05) is 26.0 Å². The van der Waals surface area contributed by atoms with Crippen molar-refractivity contribution in [1.82, 2.24) is 20.1 Å². The second kappa shape index (κ2) is 11.0. The Morgan fingerprint density at radius 2 is 1.86 bits per heavy atom. The maximum atomic E-state index is 12.7. The van der Waals surface area contributed by atoms with Crippen molar-refractivity contribution in [1.29, 1.82) is 0 Å². The topological polar surface area (TPSA) is 87.5 Å². The van der Waals surface area contributed by atoms with Gasteiger partial charge in [0.15, 0.2) is 22.5 Å². The summed E-state index contributed by atoms with van der Waals surface area (Å²) >= 11 is 1.42. The molecule has 0 bridgehead atoms. The maximum absolute atomic E-state index is 12.7. The first-order valence-electron chi connectivity index (χ1n) is 12.1. The van der Waals surface area contributed by atoms with Crippen LogP contribution in [0.25, 0.3) is 11.4 Å². The maximum Gasteiger partial charge on any atom is 0.230 e. The van der Waals surface area contributed by atoms with Crippen molar-refractivity contribution in [3.05, 3.63) is 48.5 Å². The summed E-state index contributed by atoms with van der Waals surface area (Å²) in [5.41, 5.74) is 0.916. The van der Waals surface area contributed by atoms with Gasteiger partial charge in [-0.2, -0.15) is 0 Å². The minimum Gasteiger partial charge on any atom is -0.496 e. The summed E-state index contributed by atoms with van der Waals surface area (Å²) in [6, 6.07) is 15.8. The number of carbonyl (C=O) groups excluding carboxylic acids is 1. The van der Waals surface area contributed by atoms with E-state index in [1.54, 1.807) is 7.11 Å². The molecular formula is C26H30N4O4S. The van der Waals surface area contributed by atoms with Crippen molar-refractivity contribution >= 4 is 17.7 Å². The third-order valence-electron chi connectivity index (χ3n) is 6.38. The Hall–Kier alpha value is -3.20. The molecule has 1 atom stereocenters. The largest absolute Gasteiger partial charge is 0.496 e. The normalized spacial score (nSPS) is 17.7. The van der Waals surface area contributed by atoms with Gasteiger partial charge in [-0.15, -0.1) is 10.2 Å². The lowest BCUT2D eigenvalue weighted by Crippen LogP contribution is -2.41. The van der Waals surface area contributed by atoms with Crippen LogP contribution in [0.4, 0.5) is 0 Å². The van der Waals surface area contributed by atoms with Crippen molar-refractivity contribution in [3.63, 3.8) is 0 Å². The van der Waals surface area contributed by atoms with E-state index in [4.69, 9.17) is 14.2 Å². The van der Waals surface area contributed by atoms with Gasteiger partial charge in [0, 0.05) is 6.04 Å². The molecule has 2 aromatic carbocycles. The van der Waals surface area contributed by atoms with Crippen LogP contribution in [0.1, 0.15) is 38.1 Å². The second-order valence-electron chi connectivity index (χ2n) is 8.76. The fraction of sp³-hybridized carbons (Fsp3) is 0.423. The molecule has 0 saturated heterocycles. The Balaban J connectivity index is 1.25. The quantitative estimate of drug-likeness (QED) is 0.461. The zero-order valence-corrected chi connectivity index (χ0v) is 20.6. The molecule has 1 aliphatic carbocycles. The summed E-state index contributed by atoms with van der Waals surface area (Å²) < 4.78 is 19.5. The van der Waals surface area contributed by atoms with Gasteiger partial charge in [-0.3, -0.25) is 9.36 Å². The van der Waals surface area contributed by atoms with Crippen molar-refractivity contribution < 1.29 is 19.0 Å². The first kappa shape index (κ1) is 23.5. The molecule has 0 radical (unpaired) electrons. The number of methoxy groups -OCH3 is 1. The van der Waals surface area contributed by atoms with Crippen LogP contribution in [-0.2, 0) is 4.79 Å². The zero-order valence-electron chi connectivity index (χ0n) is 19.8. The number of para-hydroxylation sites is 3. The molecule has 0 unspecified atom stereocenters. The minimum absolute atomic E-state index is 0.0745. The average Bonchev–Trinajstić information content (AvgIpc) is 3.34. The Morgan fingerprint density at radius 1 is 1.09 bits per heavy atom. The van der Waals surface area contributed by atoms with Crippen LogP contribution in [0, 0.1) is 0 Å². The van der Waals surface area contributed by atoms with E-state index in [0.29, 0.717) is 24.9 Å². The van der Waals surface area contributed by atoms with Crippen LogP contribution in [0.2, 0.25) is 0 Å². The molecule has 2 heterocycles. The SMILES string of the molecule is COc1ccccc1-c1nnc(SCC(=O)NC[C@H]2COc3ccccc3O2)n1C1CCCCC1. The van der Waals surface area contributed by atoms with Crippen LogP contribution in [-0.4, -0.2) is 52.8 Å². The molecule has 2 aliphatic rings. The summed E-state index contributed by atoms with van der Waals surface area (Å²) in [5.74, 6) is 3.18. The number of hydrogen-bond donors (Lipinski definition) is 1. The van der Waals surface area contributed by atoms with Crippen LogP contribution in [0.5, 0.6) is 17.2 Å². The molecule has 1 amide bonds. The average molecular weight is 495 g/mol. The Labute approximate surface area is 209 Å². The number of benzene rings is 2. The van der Waals surface area contributed by atoms with Gasteiger partial charge < -0.3 is 19.5 Å². The number of aromatic nitrogens is 3. The lowest BCUT2D eigenvalue weighted by Gasteiger charge is -2.26. The van der Waals surface area contributed by atoms with E-state index < -0.39 is 0 Å². The standard InChI is InChI=1S/C26H30N4O4S/c1-32-21-12-6-5-11-20(21)25-28-29-26(30(25)18-9-3-2-4-10-18)35-17-24(31)27-15-19-16-33-22-13-7-8-14-23(22)34-19/h5-8,11-14,18-19H,2-4,9-10,15-17H2,1H3,(H,27,31)/t19-/m0/s1. The molecule has 9 heteroatoms. The number of thioether (sulfide) groups is 1. The number of rotatable bonds is 8. The van der Waals surface area contributed by atoms with Crippen LogP contribution in [0.15, 0.2) is 53.7 Å². The molecule has 8 nitrogen and oxygen atoms in total. The third kappa shape index (κ3) is 5.40. The minimum atomic E-state index is -0.220. The number of nitrogens with zero attached hydrogens (tertiary/aromatic N) is 3. The summed E-state index contributed by atoms with van der Waals surface area (Å²) in [6.45, 7) is 0.790. The highest BCUT2D eigenvalue weighted by Crippen LogP contribution is 2.38. The molecule has 1 fully saturated rings. The van der Waals surface area contributed by atoms with E-state index in [9.17, 15) is 4.79 Å². The number of amides is 1. The number of ether oxygens (including phenoxy) is 3. The highest BCUT2D eigenvalue weighted by molar-refractivity contribution is 7.99. The van der Waals surface area contributed by atoms with E-state index in [-0.39, 0.29) is 17.8 Å². The first-order valence-corrected chi connectivity index (χ1v) is 13.1. The summed E-state index contributed by atoms with van der Waals surface area (Å²) in [4.78, 5) is 12.7. The number of nitrogens with one attached hydrogen (secondary N) is 1. The Morgan fingerprint density at radius 3 is 2.69 bits per heavy atom. The van der Waals surface area contributed by atoms with E-state index in [1.807, 2.05) is 48.5 Å². The van der Waals surface area contributed by atoms with Gasteiger partial charge in [0.05, 0.1) is 25.0 Å². The lowest BCUT2D eigenvalue weighted by atomic mass is 9.95. The van der Waals surface area contributed by atoms with Gasteiger partial charge in [-0.05, 0) is 37.1 Å². The summed E-state index contributed by atoms with van der Waals surface area (Å²) in [5, 5.41) is 12.7. The Kier molecular flexibility index (Phi) is 7.42. The van der Waals surface area contributed by atoms with Crippen LogP contribution >= 0.6 is 11.8 Å². The number of hydrogen-bond acceptors (Lipinski definition) is 7. The molecule has 5 rings (SSSR count). The van der Waals surface area contributed by atoms with Gasteiger partial charge in [-0.1, -0.05) is 55.3 Å². The summed E-state index contributed by atoms with van der Waals surface area (Å²) in [7, 11) is 1.67. The van der Waals surface area contributed by atoms with Crippen LogP contribution < -0.4 is 19.5 Å². The predicted molar refractivity (Wildman–Crippen MR) is 134 cm³/mol. The highest BCUT2D eigenvalue weighted by Gasteiger charge is 2.26. The van der Waals surface area contributed by atoms with Gasteiger partial charge in [0.25, 0.3) is 0 Å². The molecule has 1 saturated carbocycles. The van der Waals surface area contributed by atoms with E-state index in [1.165, 1.54) is 31.0 Å². The first-order chi connectivity index (χ1) is 17.2. The number of carbonyl (C=O) groups is 1. The predicted octanol–water partition coefficient (Wildman–Crippen LogP) is 4.51. The second-order valence-corrected chi connectivity index (χ2v) is 9.70. The molecule has 184 valence electrons. The third-order valence-corrected chi connectivity index (χ3v) is 7.32. The molecule has 1 aliphatic heterocycles. The Bertz CT molecular complexity index is 1160. The smallest absolute Gasteiger partial charge is 0.230 e. The lowest BCUT2D eigenvalue weighted by molar-refractivity contribution is -0.119. The van der Waals surface area contributed by atoms with Gasteiger partial charge in [0.1, 0.15) is 18.5 Å². The van der Waals surface area contributed by atoms with E-state index >= 15 is 0 Å². The van der Waals surface area contributed by atoms with Gasteiger partial charge in [-0.25, -0.2) is 0 Å². The molecule has 1 aromatic heterocycles. The monoisotopic (exact) mass is 494 g/mol. The molecule has 35 heavy (non-hydrogen) atoms. The number of fused-ring (bicyclic) bond motifs is 1. The van der Waals surface area contributed by atoms with Crippen molar-refractivity contribution in [2.24, 2.45) is 0 Å². The molecular weight excluding hydrogens is 464 g/mol. The highest BCUT2D eigenvalue weighted by atomic mass is 32.2. The van der Waals surface area contributed by atoms with Crippen molar-refractivity contribution in [3.8, 4) is 28.6 Å². The molecule has 1 N–H and O–H groups in total. The van der Waals surface area contributed by atoms with E-state index in [0.717, 1.165) is 40.9 Å². The summed E-state index contributed by atoms with van der Waals surface area (Å²) in [6.07, 6.45) is 5.57. The van der Waals surface area contributed by atoms with Crippen molar-refractivity contribution in [2.45, 2.75) is 49.4 Å². The fourth-order valence-electron chi connectivity index (χ4n) is 4.63. The van der Waals surface area contributed by atoms with Gasteiger partial charge >= 0.3 is 0 Å². The fourth-order valence-corrected chi connectivity index (χ4v) is 5.46. The van der Waals surface area contributed by atoms with E-state index in [2.05, 4.69) is 20.1 Å². The molecule has 3 aromatic rings. The van der Waals surface area contributed by atoms with Gasteiger partial charge in [0.2, 0.25) is 5.91 Å². The zero-order chi connectivity index (χ0) is 24.0.